The number of aromatic nitrogens is 3. The molecule has 0 saturated heterocycles. The van der Waals surface area contributed by atoms with Gasteiger partial charge in [0, 0.05) is 29.1 Å². The van der Waals surface area contributed by atoms with Crippen LogP contribution < -0.4 is 18.9 Å². The summed E-state index contributed by atoms with van der Waals surface area (Å²) in [6.07, 6.45) is 1.26. The molecule has 0 aliphatic carbocycles. The Bertz CT molecular complexity index is 1560. The summed E-state index contributed by atoms with van der Waals surface area (Å²) in [6.45, 7) is 7.40. The Morgan fingerprint density at radius 3 is 2.45 bits per heavy atom. The second kappa shape index (κ2) is 14.1. The van der Waals surface area contributed by atoms with E-state index in [1.807, 2.05) is 31.2 Å². The Labute approximate surface area is 259 Å². The number of hydrogen-bond acceptors (Lipinski definition) is 7. The van der Waals surface area contributed by atoms with Crippen LogP contribution in [-0.2, 0) is 13.0 Å². The molecule has 0 saturated carbocycles. The van der Waals surface area contributed by atoms with E-state index >= 15 is 0 Å². The van der Waals surface area contributed by atoms with Gasteiger partial charge in [0.25, 0.3) is 5.91 Å². The number of rotatable bonds is 13. The van der Waals surface area contributed by atoms with E-state index < -0.39 is 0 Å². The summed E-state index contributed by atoms with van der Waals surface area (Å²) in [5.74, 6) is 2.15. The van der Waals surface area contributed by atoms with Crippen LogP contribution in [0.25, 0.3) is 5.65 Å². The average Bonchev–Trinajstić information content (AvgIpc) is 3.30. The minimum absolute atomic E-state index is 0.202. The standard InChI is InChI=1S/C31H36BrClN4O5/c1-7-42-28-13-12-27-34-23(24(37(27)35-28)17-20-16-21(32)8-10-25(20)39-4)18-36(15-14-19(2)3)31(38)22-9-11-26(40-5)30(41-6)29(22)33/h8-13,16,19H,7,14-15,17-18H2,1-6H3. The Hall–Kier alpha value is -3.50. The molecule has 0 fully saturated rings. The summed E-state index contributed by atoms with van der Waals surface area (Å²) in [7, 11) is 4.67. The van der Waals surface area contributed by atoms with E-state index in [-0.39, 0.29) is 17.5 Å². The molecule has 4 aromatic rings. The van der Waals surface area contributed by atoms with E-state index in [9.17, 15) is 4.79 Å². The fourth-order valence-corrected chi connectivity index (χ4v) is 5.40. The number of methoxy groups -OCH3 is 3. The van der Waals surface area contributed by atoms with Crippen LogP contribution in [0, 0.1) is 5.92 Å². The molecule has 9 nitrogen and oxygen atoms in total. The van der Waals surface area contributed by atoms with E-state index in [1.165, 1.54) is 14.2 Å². The molecule has 42 heavy (non-hydrogen) atoms. The topological polar surface area (TPSA) is 87.4 Å². The van der Waals surface area contributed by atoms with Crippen LogP contribution >= 0.6 is 27.5 Å². The van der Waals surface area contributed by atoms with E-state index in [0.717, 1.165) is 27.9 Å². The van der Waals surface area contributed by atoms with Crippen LogP contribution in [0.15, 0.2) is 46.9 Å². The van der Waals surface area contributed by atoms with E-state index in [0.29, 0.717) is 59.8 Å². The second-order valence-corrected chi connectivity index (χ2v) is 11.4. The van der Waals surface area contributed by atoms with Crippen LogP contribution in [0.3, 0.4) is 0 Å². The summed E-state index contributed by atoms with van der Waals surface area (Å²) < 4.78 is 24.9. The summed E-state index contributed by atoms with van der Waals surface area (Å²) in [4.78, 5) is 20.8. The maximum absolute atomic E-state index is 14.1. The highest BCUT2D eigenvalue weighted by atomic mass is 79.9. The van der Waals surface area contributed by atoms with Gasteiger partial charge in [-0.2, -0.15) is 0 Å². The molecule has 0 atom stereocenters. The highest BCUT2D eigenvalue weighted by Gasteiger charge is 2.26. The zero-order valence-electron chi connectivity index (χ0n) is 24.7. The third kappa shape index (κ3) is 6.93. The molecule has 0 aliphatic rings. The fourth-order valence-electron chi connectivity index (χ4n) is 4.67. The molecule has 0 radical (unpaired) electrons. The van der Waals surface area contributed by atoms with Gasteiger partial charge in [-0.15, -0.1) is 5.10 Å². The summed E-state index contributed by atoms with van der Waals surface area (Å²) >= 11 is 10.3. The van der Waals surface area contributed by atoms with Gasteiger partial charge in [-0.05, 0) is 55.7 Å². The number of nitrogens with zero attached hydrogens (tertiary/aromatic N) is 4. The van der Waals surface area contributed by atoms with Crippen molar-refractivity contribution in [3.63, 3.8) is 0 Å². The summed E-state index contributed by atoms with van der Waals surface area (Å²) in [5, 5.41) is 4.93. The number of fused-ring (bicyclic) bond motifs is 1. The number of carbonyl (C=O) groups excluding carboxylic acids is 1. The molecule has 0 aliphatic heterocycles. The average molecular weight is 660 g/mol. The SMILES string of the molecule is CCOc1ccc2nc(CN(CCC(C)C)C(=O)c3ccc(OC)c(OC)c3Cl)c(Cc3cc(Br)ccc3OC)n2n1. The van der Waals surface area contributed by atoms with Crippen molar-refractivity contribution in [2.75, 3.05) is 34.5 Å². The first-order valence-electron chi connectivity index (χ1n) is 13.7. The molecule has 0 bridgehead atoms. The predicted octanol–water partition coefficient (Wildman–Crippen LogP) is 6.85. The van der Waals surface area contributed by atoms with Crippen molar-refractivity contribution < 1.29 is 23.7 Å². The molecule has 224 valence electrons. The molecular weight excluding hydrogens is 624 g/mol. The first kappa shape index (κ1) is 31.4. The monoisotopic (exact) mass is 658 g/mol. The molecule has 11 heteroatoms. The van der Waals surface area contributed by atoms with Gasteiger partial charge in [0.15, 0.2) is 17.1 Å². The second-order valence-electron chi connectivity index (χ2n) is 10.1. The molecule has 1 amide bonds. The maximum Gasteiger partial charge on any atom is 0.255 e. The van der Waals surface area contributed by atoms with Crippen molar-refractivity contribution >= 4 is 39.1 Å². The van der Waals surface area contributed by atoms with Crippen molar-refractivity contribution in [3.05, 3.63) is 74.5 Å². The Balaban J connectivity index is 1.82. The third-order valence-electron chi connectivity index (χ3n) is 6.84. The van der Waals surface area contributed by atoms with Crippen LogP contribution in [-0.4, -0.2) is 59.9 Å². The van der Waals surface area contributed by atoms with Gasteiger partial charge in [-0.25, -0.2) is 9.50 Å². The normalized spacial score (nSPS) is 11.2. The first-order chi connectivity index (χ1) is 20.2. The highest BCUT2D eigenvalue weighted by Crippen LogP contribution is 2.38. The van der Waals surface area contributed by atoms with Crippen molar-refractivity contribution in [2.45, 2.75) is 40.2 Å². The molecule has 0 unspecified atom stereocenters. The fraction of sp³-hybridized carbons (Fsp3) is 0.387. The van der Waals surface area contributed by atoms with Crippen LogP contribution in [0.5, 0.6) is 23.1 Å². The van der Waals surface area contributed by atoms with E-state index in [2.05, 4.69) is 29.8 Å². The number of hydrogen-bond donors (Lipinski definition) is 0. The van der Waals surface area contributed by atoms with Crippen LogP contribution in [0.4, 0.5) is 0 Å². The molecule has 2 heterocycles. The Morgan fingerprint density at radius 2 is 1.79 bits per heavy atom. The predicted molar refractivity (Wildman–Crippen MR) is 166 cm³/mol. The van der Waals surface area contributed by atoms with Crippen LogP contribution in [0.2, 0.25) is 5.02 Å². The number of carbonyl (C=O) groups is 1. The number of imidazole rings is 1. The molecule has 4 rings (SSSR count). The Morgan fingerprint density at radius 1 is 1.05 bits per heavy atom. The molecule has 0 N–H and O–H groups in total. The smallest absolute Gasteiger partial charge is 0.255 e. The van der Waals surface area contributed by atoms with Crippen molar-refractivity contribution in [1.29, 1.82) is 0 Å². The zero-order valence-corrected chi connectivity index (χ0v) is 27.1. The summed E-state index contributed by atoms with van der Waals surface area (Å²) in [6, 6.07) is 12.9. The maximum atomic E-state index is 14.1. The molecule has 2 aromatic heterocycles. The minimum Gasteiger partial charge on any atom is -0.496 e. The van der Waals surface area contributed by atoms with Gasteiger partial charge in [0.1, 0.15) is 5.75 Å². The molecular formula is C31H36BrClN4O5. The van der Waals surface area contributed by atoms with E-state index in [4.69, 9.17) is 40.6 Å². The highest BCUT2D eigenvalue weighted by molar-refractivity contribution is 9.10. The van der Waals surface area contributed by atoms with Crippen molar-refractivity contribution in [3.8, 4) is 23.1 Å². The lowest BCUT2D eigenvalue weighted by Gasteiger charge is -2.24. The van der Waals surface area contributed by atoms with Gasteiger partial charge >= 0.3 is 0 Å². The Kier molecular flexibility index (Phi) is 10.6. The largest absolute Gasteiger partial charge is 0.496 e. The lowest BCUT2D eigenvalue weighted by atomic mass is 10.1. The van der Waals surface area contributed by atoms with Crippen LogP contribution in [0.1, 0.15) is 54.5 Å². The molecule has 0 spiro atoms. The van der Waals surface area contributed by atoms with Gasteiger partial charge in [0.2, 0.25) is 5.88 Å². The number of ether oxygens (including phenoxy) is 4. The van der Waals surface area contributed by atoms with Gasteiger partial charge in [-0.3, -0.25) is 4.79 Å². The van der Waals surface area contributed by atoms with Crippen molar-refractivity contribution in [2.24, 2.45) is 5.92 Å². The van der Waals surface area contributed by atoms with Crippen molar-refractivity contribution in [1.82, 2.24) is 19.5 Å². The summed E-state index contributed by atoms with van der Waals surface area (Å²) in [5.41, 5.74) is 3.46. The zero-order chi connectivity index (χ0) is 30.4. The number of amides is 1. The third-order valence-corrected chi connectivity index (χ3v) is 7.71. The van der Waals surface area contributed by atoms with E-state index in [1.54, 1.807) is 34.7 Å². The lowest BCUT2D eigenvalue weighted by molar-refractivity contribution is 0.0733. The van der Waals surface area contributed by atoms with Gasteiger partial charge in [-0.1, -0.05) is 41.4 Å². The minimum atomic E-state index is -0.229. The first-order valence-corrected chi connectivity index (χ1v) is 14.9. The van der Waals surface area contributed by atoms with Gasteiger partial charge < -0.3 is 23.8 Å². The quantitative estimate of drug-likeness (QED) is 0.155. The lowest BCUT2D eigenvalue weighted by Crippen LogP contribution is -2.33. The molecule has 2 aromatic carbocycles. The number of benzene rings is 2. The number of halogens is 2. The van der Waals surface area contributed by atoms with Gasteiger partial charge in [0.05, 0.1) is 56.5 Å².